The molecule has 6 nitrogen and oxygen atoms in total. The van der Waals surface area contributed by atoms with Gasteiger partial charge in [-0.25, -0.2) is 4.98 Å². The number of imidazole rings is 1. The van der Waals surface area contributed by atoms with Crippen molar-refractivity contribution in [2.75, 3.05) is 0 Å². The van der Waals surface area contributed by atoms with Gasteiger partial charge in [-0.05, 0) is 15.9 Å². The van der Waals surface area contributed by atoms with E-state index in [-0.39, 0.29) is 11.4 Å². The molecule has 0 atom stereocenters. The molecule has 0 aromatic carbocycles. The van der Waals surface area contributed by atoms with Gasteiger partial charge in [-0.1, -0.05) is 0 Å². The molecule has 0 saturated heterocycles. The largest absolute Gasteiger partial charge is 0.503 e. The first kappa shape index (κ1) is 8.95. The maximum atomic E-state index is 11.4. The van der Waals surface area contributed by atoms with Crippen LogP contribution < -0.4 is 5.43 Å². The Morgan fingerprint density at radius 2 is 2.29 bits per heavy atom. The summed E-state index contributed by atoms with van der Waals surface area (Å²) in [6.07, 6.45) is 2.62. The van der Waals surface area contributed by atoms with E-state index in [2.05, 4.69) is 36.1 Å². The fourth-order valence-corrected chi connectivity index (χ4v) is 1.27. The smallest absolute Gasteiger partial charge is 0.252 e. The molecular weight excluding hydrogens is 252 g/mol. The predicted octanol–water partition coefficient (Wildman–Crippen LogP) is 0.628. The second-order valence-corrected chi connectivity index (χ2v) is 3.38. The van der Waals surface area contributed by atoms with Gasteiger partial charge in [0.1, 0.15) is 4.60 Å². The monoisotopic (exact) mass is 256 g/mol. The summed E-state index contributed by atoms with van der Waals surface area (Å²) >= 11 is 3.15. The van der Waals surface area contributed by atoms with Crippen molar-refractivity contribution in [1.82, 2.24) is 20.2 Å². The van der Waals surface area contributed by atoms with Crippen molar-refractivity contribution in [3.8, 4) is 17.3 Å². The lowest BCUT2D eigenvalue weighted by molar-refractivity contribution is 0.465. The van der Waals surface area contributed by atoms with Gasteiger partial charge in [0.25, 0.3) is 5.43 Å². The average molecular weight is 257 g/mol. The lowest BCUT2D eigenvalue weighted by Crippen LogP contribution is -2.08. The fourth-order valence-electron chi connectivity index (χ4n) is 0.975. The predicted molar refractivity (Wildman–Crippen MR) is 51.8 cm³/mol. The van der Waals surface area contributed by atoms with Gasteiger partial charge in [0, 0.05) is 0 Å². The Labute approximate surface area is 86.1 Å². The van der Waals surface area contributed by atoms with Crippen LogP contribution in [-0.2, 0) is 0 Å². The van der Waals surface area contributed by atoms with Crippen LogP contribution in [0.25, 0.3) is 11.5 Å². The highest BCUT2D eigenvalue weighted by atomic mass is 79.9. The van der Waals surface area contributed by atoms with E-state index in [1.807, 2.05) is 0 Å². The quantitative estimate of drug-likeness (QED) is 0.698. The molecule has 2 heterocycles. The van der Waals surface area contributed by atoms with Crippen LogP contribution in [0, 0.1) is 0 Å². The minimum Gasteiger partial charge on any atom is -0.503 e. The lowest BCUT2D eigenvalue weighted by Gasteiger charge is -1.94. The number of H-pyrrole nitrogens is 2. The van der Waals surface area contributed by atoms with Crippen LogP contribution in [-0.4, -0.2) is 25.3 Å². The molecule has 14 heavy (non-hydrogen) atoms. The first-order chi connectivity index (χ1) is 6.68. The highest BCUT2D eigenvalue weighted by Crippen LogP contribution is 2.13. The molecular formula is C7H5BrN4O2. The van der Waals surface area contributed by atoms with Crippen molar-refractivity contribution in [2.45, 2.75) is 0 Å². The lowest BCUT2D eigenvalue weighted by atomic mass is 10.3. The maximum absolute atomic E-state index is 11.4. The Morgan fingerprint density at radius 3 is 2.93 bits per heavy atom. The number of nitrogens with zero attached hydrogens (tertiary/aromatic N) is 2. The molecule has 72 valence electrons. The normalized spacial score (nSPS) is 10.4. The van der Waals surface area contributed by atoms with E-state index in [9.17, 15) is 4.79 Å². The third kappa shape index (κ3) is 1.41. The molecule has 2 rings (SSSR count). The molecule has 0 aliphatic rings. The SMILES string of the molecule is O=c1c(O)c[nH]nc1-c1ncc(Br)[nH]1. The summed E-state index contributed by atoms with van der Waals surface area (Å²) in [5, 5.41) is 15.2. The number of nitrogens with one attached hydrogen (secondary N) is 2. The van der Waals surface area contributed by atoms with Crippen molar-refractivity contribution in [3.05, 3.63) is 27.2 Å². The van der Waals surface area contributed by atoms with Gasteiger partial charge in [0.2, 0.25) is 0 Å². The zero-order valence-corrected chi connectivity index (χ0v) is 8.37. The zero-order valence-electron chi connectivity index (χ0n) is 6.78. The third-order valence-electron chi connectivity index (χ3n) is 1.59. The minimum absolute atomic E-state index is 0.0516. The second kappa shape index (κ2) is 3.26. The van der Waals surface area contributed by atoms with Crippen molar-refractivity contribution in [3.63, 3.8) is 0 Å². The molecule has 2 aromatic heterocycles. The highest BCUT2D eigenvalue weighted by molar-refractivity contribution is 9.10. The van der Waals surface area contributed by atoms with Crippen LogP contribution in [0.15, 0.2) is 21.8 Å². The van der Waals surface area contributed by atoms with Gasteiger partial charge >= 0.3 is 0 Å². The van der Waals surface area contributed by atoms with E-state index in [0.717, 1.165) is 6.20 Å². The van der Waals surface area contributed by atoms with Crippen LogP contribution in [0.2, 0.25) is 0 Å². The third-order valence-corrected chi connectivity index (χ3v) is 2.00. The van der Waals surface area contributed by atoms with E-state index in [1.165, 1.54) is 6.20 Å². The van der Waals surface area contributed by atoms with Gasteiger partial charge in [-0.3, -0.25) is 9.89 Å². The average Bonchev–Trinajstić information content (AvgIpc) is 2.57. The topological polar surface area (TPSA) is 94.7 Å². The summed E-state index contributed by atoms with van der Waals surface area (Å²) in [5.41, 5.74) is -0.513. The molecule has 0 unspecified atom stereocenters. The highest BCUT2D eigenvalue weighted by Gasteiger charge is 2.11. The number of rotatable bonds is 1. The number of aromatic amines is 2. The Balaban J connectivity index is 2.63. The molecule has 0 fully saturated rings. The van der Waals surface area contributed by atoms with Crippen LogP contribution in [0.4, 0.5) is 0 Å². The molecule has 7 heteroatoms. The van der Waals surface area contributed by atoms with E-state index >= 15 is 0 Å². The number of hydrogen-bond donors (Lipinski definition) is 3. The molecule has 0 bridgehead atoms. The Morgan fingerprint density at radius 1 is 1.50 bits per heavy atom. The maximum Gasteiger partial charge on any atom is 0.252 e. The fraction of sp³-hybridized carbons (Fsp3) is 0. The van der Waals surface area contributed by atoms with E-state index in [1.54, 1.807) is 0 Å². The van der Waals surface area contributed by atoms with Crippen LogP contribution in [0.1, 0.15) is 0 Å². The minimum atomic E-state index is -0.564. The molecule has 0 amide bonds. The van der Waals surface area contributed by atoms with Gasteiger partial charge in [0.15, 0.2) is 17.3 Å². The molecule has 0 saturated carbocycles. The van der Waals surface area contributed by atoms with Gasteiger partial charge in [0.05, 0.1) is 12.4 Å². The van der Waals surface area contributed by atoms with Crippen molar-refractivity contribution < 1.29 is 5.11 Å². The Bertz CT molecular complexity index is 518. The number of halogens is 1. The second-order valence-electron chi connectivity index (χ2n) is 2.53. The van der Waals surface area contributed by atoms with E-state index < -0.39 is 5.43 Å². The summed E-state index contributed by atoms with van der Waals surface area (Å²) in [6.45, 7) is 0. The van der Waals surface area contributed by atoms with Gasteiger partial charge in [-0.15, -0.1) is 0 Å². The Hall–Kier alpha value is -1.63. The van der Waals surface area contributed by atoms with Crippen molar-refractivity contribution >= 4 is 15.9 Å². The van der Waals surface area contributed by atoms with Crippen molar-refractivity contribution in [1.29, 1.82) is 0 Å². The summed E-state index contributed by atoms with van der Waals surface area (Å²) in [5.74, 6) is -0.0865. The van der Waals surface area contributed by atoms with Crippen molar-refractivity contribution in [2.24, 2.45) is 0 Å². The summed E-state index contributed by atoms with van der Waals surface area (Å²) in [7, 11) is 0. The first-order valence-corrected chi connectivity index (χ1v) is 4.45. The van der Waals surface area contributed by atoms with Crippen LogP contribution >= 0.6 is 15.9 Å². The van der Waals surface area contributed by atoms with E-state index in [0.29, 0.717) is 10.4 Å². The molecule has 0 radical (unpaired) electrons. The van der Waals surface area contributed by atoms with E-state index in [4.69, 9.17) is 5.11 Å². The first-order valence-electron chi connectivity index (χ1n) is 3.66. The standard InChI is InChI=1S/C7H5BrN4O2/c8-4-2-9-7(11-4)5-6(14)3(13)1-10-12-5/h1-2H,(H,9,11)(H,10,14)(H,12,13). The number of aromatic hydroxyl groups is 1. The van der Waals surface area contributed by atoms with Crippen LogP contribution in [0.3, 0.4) is 0 Å². The van der Waals surface area contributed by atoms with Gasteiger partial charge < -0.3 is 10.1 Å². The molecule has 3 N–H and O–H groups in total. The molecule has 2 aromatic rings. The van der Waals surface area contributed by atoms with Gasteiger partial charge in [-0.2, -0.15) is 5.10 Å². The Kier molecular flexibility index (Phi) is 2.08. The molecule has 0 spiro atoms. The summed E-state index contributed by atoms with van der Waals surface area (Å²) < 4.78 is 0.636. The number of hydrogen-bond acceptors (Lipinski definition) is 4. The number of aromatic nitrogens is 4. The summed E-state index contributed by atoms with van der Waals surface area (Å²) in [6, 6.07) is 0. The molecule has 0 aliphatic carbocycles. The summed E-state index contributed by atoms with van der Waals surface area (Å²) in [4.78, 5) is 18.0. The zero-order chi connectivity index (χ0) is 10.1. The molecule has 0 aliphatic heterocycles. The van der Waals surface area contributed by atoms with Crippen LogP contribution in [0.5, 0.6) is 5.75 Å².